The highest BCUT2D eigenvalue weighted by Crippen LogP contribution is 2.43. The minimum Gasteiger partial charge on any atom is -0.376 e. The number of carbonyl (C=O) groups is 3. The first-order chi connectivity index (χ1) is 9.00. The molecule has 110 valence electrons. The Morgan fingerprint density at radius 3 is 1.90 bits per heavy atom. The highest BCUT2D eigenvalue weighted by atomic mass is 16.5. The van der Waals surface area contributed by atoms with Crippen LogP contribution in [0.2, 0.25) is 0 Å². The molecule has 1 fully saturated rings. The Hall–Kier alpha value is -1.66. The van der Waals surface area contributed by atoms with Gasteiger partial charge in [-0.05, 0) is 20.8 Å². The topological polar surface area (TPSA) is 125 Å². The third-order valence-corrected chi connectivity index (χ3v) is 3.70. The highest BCUT2D eigenvalue weighted by Gasteiger charge is 2.78. The van der Waals surface area contributed by atoms with Crippen molar-refractivity contribution < 1.29 is 34.4 Å². The molecule has 1 rings (SSSR count). The molecule has 1 aliphatic heterocycles. The molecule has 0 aromatic rings. The van der Waals surface area contributed by atoms with Crippen molar-refractivity contribution in [2.75, 3.05) is 6.61 Å². The molecule has 4 atom stereocenters. The van der Waals surface area contributed by atoms with E-state index >= 15 is 0 Å². The molecule has 1 saturated heterocycles. The Kier molecular flexibility index (Phi) is 3.86. The van der Waals surface area contributed by atoms with Crippen LogP contribution in [0, 0.1) is 6.57 Å². The summed E-state index contributed by atoms with van der Waals surface area (Å²) in [4.78, 5) is 38.0. The van der Waals surface area contributed by atoms with Gasteiger partial charge in [-0.1, -0.05) is 0 Å². The van der Waals surface area contributed by atoms with E-state index in [0.717, 1.165) is 20.8 Å². The zero-order valence-electron chi connectivity index (χ0n) is 11.2. The van der Waals surface area contributed by atoms with Gasteiger partial charge in [0.15, 0.2) is 23.0 Å². The number of carbonyl (C=O) groups excluding carboxylic acids is 3. The van der Waals surface area contributed by atoms with E-state index in [4.69, 9.17) is 11.3 Å². The third-order valence-electron chi connectivity index (χ3n) is 3.70. The van der Waals surface area contributed by atoms with Crippen LogP contribution in [-0.4, -0.2) is 62.3 Å². The van der Waals surface area contributed by atoms with Crippen molar-refractivity contribution in [3.8, 4) is 0 Å². The lowest BCUT2D eigenvalue weighted by Crippen LogP contribution is -2.83. The predicted octanol–water partition coefficient (Wildman–Crippen LogP) is -1.78. The molecule has 1 unspecified atom stereocenters. The summed E-state index contributed by atoms with van der Waals surface area (Å²) in [6.07, 6.45) is -1.91. The van der Waals surface area contributed by atoms with Crippen LogP contribution in [0.1, 0.15) is 20.8 Å². The van der Waals surface area contributed by atoms with Crippen LogP contribution in [0.15, 0.2) is 0 Å². The average molecular weight is 285 g/mol. The van der Waals surface area contributed by atoms with Gasteiger partial charge in [-0.2, -0.15) is 0 Å². The van der Waals surface area contributed by atoms with Gasteiger partial charge < -0.3 is 20.1 Å². The Balaban J connectivity index is 3.72. The average Bonchev–Trinajstić information content (AvgIpc) is 2.35. The Bertz CT molecular complexity index is 524. The van der Waals surface area contributed by atoms with E-state index in [-0.39, 0.29) is 0 Å². The van der Waals surface area contributed by atoms with E-state index in [1.165, 1.54) is 0 Å². The van der Waals surface area contributed by atoms with E-state index in [2.05, 4.69) is 4.85 Å². The molecule has 0 aromatic carbocycles. The summed E-state index contributed by atoms with van der Waals surface area (Å²) in [7, 11) is 0. The van der Waals surface area contributed by atoms with Crippen molar-refractivity contribution >= 4 is 17.3 Å². The van der Waals surface area contributed by atoms with E-state index in [9.17, 15) is 29.7 Å². The fraction of sp³-hybridized carbons (Fsp3) is 0.667. The van der Waals surface area contributed by atoms with E-state index in [1.807, 2.05) is 0 Å². The van der Waals surface area contributed by atoms with Crippen molar-refractivity contribution in [2.24, 2.45) is 0 Å². The maximum atomic E-state index is 11.8. The maximum Gasteiger partial charge on any atom is 0.367 e. The first-order valence-corrected chi connectivity index (χ1v) is 5.68. The minimum atomic E-state index is -3.16. The molecule has 20 heavy (non-hydrogen) atoms. The van der Waals surface area contributed by atoms with Crippen LogP contribution in [0.5, 0.6) is 0 Å². The van der Waals surface area contributed by atoms with E-state index < -0.39 is 47.0 Å². The molecule has 8 nitrogen and oxygen atoms in total. The largest absolute Gasteiger partial charge is 0.376 e. The molecule has 0 aromatic heterocycles. The van der Waals surface area contributed by atoms with Gasteiger partial charge in [0.25, 0.3) is 5.60 Å². The molecule has 1 aliphatic rings. The van der Waals surface area contributed by atoms with E-state index in [0.29, 0.717) is 0 Å². The summed E-state index contributed by atoms with van der Waals surface area (Å²) in [5.41, 5.74) is -9.02. The number of ether oxygens (including phenoxy) is 1. The Morgan fingerprint density at radius 2 is 1.60 bits per heavy atom. The molecule has 0 saturated carbocycles. The molecular weight excluding hydrogens is 270 g/mol. The van der Waals surface area contributed by atoms with Gasteiger partial charge in [0.05, 0.1) is 6.61 Å². The molecular formula is C12H15NO7. The van der Waals surface area contributed by atoms with Gasteiger partial charge in [0.2, 0.25) is 5.60 Å². The Morgan fingerprint density at radius 1 is 1.10 bits per heavy atom. The summed E-state index contributed by atoms with van der Waals surface area (Å²) >= 11 is 0. The molecule has 0 radical (unpaired) electrons. The zero-order chi connectivity index (χ0) is 15.9. The maximum absolute atomic E-state index is 11.8. The number of hydrogen-bond donors (Lipinski definition) is 3. The van der Waals surface area contributed by atoms with Crippen LogP contribution >= 0.6 is 0 Å². The minimum absolute atomic E-state index is 0.800. The fourth-order valence-corrected chi connectivity index (χ4v) is 2.39. The quantitative estimate of drug-likeness (QED) is 0.523. The fourth-order valence-electron chi connectivity index (χ4n) is 2.39. The van der Waals surface area contributed by atoms with E-state index in [1.54, 1.807) is 0 Å². The van der Waals surface area contributed by atoms with Crippen molar-refractivity contribution in [1.29, 1.82) is 0 Å². The zero-order valence-corrected chi connectivity index (χ0v) is 11.2. The van der Waals surface area contributed by atoms with Crippen LogP contribution in [0.4, 0.5) is 0 Å². The van der Waals surface area contributed by atoms with Crippen molar-refractivity contribution in [1.82, 2.24) is 0 Å². The monoisotopic (exact) mass is 285 g/mol. The van der Waals surface area contributed by atoms with Crippen molar-refractivity contribution in [3.05, 3.63) is 11.4 Å². The van der Waals surface area contributed by atoms with Gasteiger partial charge in [-0.25, -0.2) is 6.57 Å². The highest BCUT2D eigenvalue weighted by molar-refractivity contribution is 6.05. The molecule has 0 aliphatic carbocycles. The summed E-state index contributed by atoms with van der Waals surface area (Å²) < 4.78 is 4.82. The Labute approximate surface area is 114 Å². The first-order valence-electron chi connectivity index (χ1n) is 5.68. The number of rotatable bonds is 3. The number of ketones is 3. The predicted molar refractivity (Wildman–Crippen MR) is 63.2 cm³/mol. The first kappa shape index (κ1) is 16.4. The lowest BCUT2D eigenvalue weighted by Gasteiger charge is -2.50. The second kappa shape index (κ2) is 4.71. The van der Waals surface area contributed by atoms with Crippen LogP contribution in [0.3, 0.4) is 0 Å². The third kappa shape index (κ3) is 1.65. The van der Waals surface area contributed by atoms with Crippen LogP contribution < -0.4 is 0 Å². The van der Waals surface area contributed by atoms with Crippen molar-refractivity contribution in [3.63, 3.8) is 0 Å². The summed E-state index contributed by atoms with van der Waals surface area (Å²) in [6.45, 7) is 8.50. The smallest absolute Gasteiger partial charge is 0.367 e. The lowest BCUT2D eigenvalue weighted by atomic mass is 9.63. The van der Waals surface area contributed by atoms with Crippen LogP contribution in [-0.2, 0) is 19.1 Å². The normalized spacial score (nSPS) is 40.8. The number of nitrogens with zero attached hydrogens (tertiary/aromatic N) is 1. The molecule has 0 spiro atoms. The second-order valence-electron chi connectivity index (χ2n) is 4.80. The molecule has 8 heteroatoms. The summed E-state index contributed by atoms with van der Waals surface area (Å²) in [5, 5.41) is 31.2. The van der Waals surface area contributed by atoms with Gasteiger partial charge in [-0.3, -0.25) is 19.2 Å². The van der Waals surface area contributed by atoms with Crippen molar-refractivity contribution in [2.45, 2.75) is 43.8 Å². The number of aliphatic hydroxyl groups is 3. The second-order valence-corrected chi connectivity index (χ2v) is 4.80. The van der Waals surface area contributed by atoms with Gasteiger partial charge in [0, 0.05) is 0 Å². The number of Topliss-reactive ketones (excluding diaryl/α,β-unsaturated/α-hetero) is 3. The summed E-state index contributed by atoms with van der Waals surface area (Å²) in [6, 6.07) is 0. The molecule has 3 N–H and O–H groups in total. The molecule has 0 amide bonds. The molecule has 1 heterocycles. The number of hydrogen-bond acceptors (Lipinski definition) is 7. The summed E-state index contributed by atoms with van der Waals surface area (Å²) in [5.74, 6) is -3.46. The van der Waals surface area contributed by atoms with Gasteiger partial charge in [-0.15, -0.1) is 0 Å². The van der Waals surface area contributed by atoms with Gasteiger partial charge >= 0.3 is 6.23 Å². The standard InChI is InChI=1S/C12H15NO7/c1-6(14)10(17)5-20-9(13-4)11(18,7(2)15)12(10,19)8(3)16/h9,17-19H,5H2,1-3H3/t9?,10-,11-,12-/m0/s1. The SMILES string of the molecule is [C-]#[N+]C1OC[C@](O)(C(C)=O)[C@@](O)(C(C)=O)[C@]1(O)C(C)=O. The van der Waals surface area contributed by atoms with Crippen LogP contribution in [0.25, 0.3) is 4.85 Å². The van der Waals surface area contributed by atoms with Gasteiger partial charge in [0.1, 0.15) is 0 Å². The molecule has 0 bridgehead atoms. The lowest BCUT2D eigenvalue weighted by molar-refractivity contribution is -0.288.